The molecule has 2 atom stereocenters. The van der Waals surface area contributed by atoms with Gasteiger partial charge >= 0.3 is 17.9 Å². The Kier molecular flexibility index (Phi) is 12.5. The van der Waals surface area contributed by atoms with Crippen LogP contribution in [-0.4, -0.2) is 78.8 Å². The number of aromatic nitrogens is 3. The number of hydrogen-bond acceptors (Lipinski definition) is 7. The average Bonchev–Trinajstić information content (AvgIpc) is 3.36. The molecule has 13 nitrogen and oxygen atoms in total. The molecule has 0 bridgehead atoms. The summed E-state index contributed by atoms with van der Waals surface area (Å²) in [5.74, 6) is -5.66. The second-order valence-electron chi connectivity index (χ2n) is 8.87. The van der Waals surface area contributed by atoms with Gasteiger partial charge in [-0.05, 0) is 56.2 Å². The molecule has 1 aromatic heterocycles. The van der Waals surface area contributed by atoms with Gasteiger partial charge in [0, 0.05) is 12.8 Å². The number of nitrogens with zero attached hydrogens (tertiary/aromatic N) is 3. The lowest BCUT2D eigenvalue weighted by molar-refractivity contribution is -0.145. The summed E-state index contributed by atoms with van der Waals surface area (Å²) in [6.07, 6.45) is 2.90. The first kappa shape index (κ1) is 30.9. The highest BCUT2D eigenvalue weighted by Crippen LogP contribution is 2.13. The molecule has 5 N–H and O–H groups in total. The van der Waals surface area contributed by atoms with Crippen molar-refractivity contribution >= 4 is 29.7 Å². The maximum Gasteiger partial charge on any atom is 0.326 e. The van der Waals surface area contributed by atoms with Crippen LogP contribution >= 0.6 is 0 Å². The van der Waals surface area contributed by atoms with E-state index in [-0.39, 0.29) is 12.8 Å². The number of rotatable bonds is 18. The Morgan fingerprint density at radius 1 is 0.846 bits per heavy atom. The van der Waals surface area contributed by atoms with Crippen LogP contribution < -0.4 is 10.6 Å². The first-order valence-corrected chi connectivity index (χ1v) is 12.4. The summed E-state index contributed by atoms with van der Waals surface area (Å²) in [6.45, 7) is -0.410. The van der Waals surface area contributed by atoms with Crippen molar-refractivity contribution in [2.24, 2.45) is 0 Å². The predicted octanol–water partition coefficient (Wildman–Crippen LogP) is 1.28. The lowest BCUT2D eigenvalue weighted by atomic mass is 10.1. The van der Waals surface area contributed by atoms with Crippen LogP contribution in [0.15, 0.2) is 30.5 Å². The maximum atomic E-state index is 12.3. The number of halogens is 1. The molecule has 0 saturated carbocycles. The van der Waals surface area contributed by atoms with Gasteiger partial charge in [0.05, 0.1) is 30.7 Å². The van der Waals surface area contributed by atoms with E-state index in [9.17, 15) is 33.5 Å². The fourth-order valence-corrected chi connectivity index (χ4v) is 3.65. The molecule has 0 spiro atoms. The van der Waals surface area contributed by atoms with Crippen LogP contribution in [0, 0.1) is 0 Å². The monoisotopic (exact) mass is 549 g/mol. The standard InChI is InChI=1S/C25H32FN5O8/c26-13-3-5-17-15-31(30-29-17)18-9-7-16(8-10-18)4-1-2-6-21(32)28-20(25(38)39)14-22(33)27-19(24(36)37)11-12-23(34)35/h7-10,15,19-20H,1-6,11-14H2,(H,27,33)(H,28,32)(H,34,35)(H,36,37)(H,38,39)/t19-,20-/m0/s1. The Morgan fingerprint density at radius 3 is 2.13 bits per heavy atom. The molecule has 212 valence electrons. The van der Waals surface area contributed by atoms with E-state index in [2.05, 4.69) is 20.9 Å². The van der Waals surface area contributed by atoms with Crippen LogP contribution in [0.5, 0.6) is 0 Å². The fraction of sp³-hybridized carbons (Fsp3) is 0.480. The molecule has 14 heteroatoms. The summed E-state index contributed by atoms with van der Waals surface area (Å²) in [6, 6.07) is 4.52. The fourth-order valence-electron chi connectivity index (χ4n) is 3.65. The zero-order valence-corrected chi connectivity index (χ0v) is 21.2. The first-order valence-electron chi connectivity index (χ1n) is 12.4. The normalized spacial score (nSPS) is 12.3. The Balaban J connectivity index is 1.76. The molecule has 0 saturated heterocycles. The number of hydrogen-bond donors (Lipinski definition) is 5. The summed E-state index contributed by atoms with van der Waals surface area (Å²) < 4.78 is 13.9. The largest absolute Gasteiger partial charge is 0.481 e. The number of carbonyl (C=O) groups excluding carboxylic acids is 2. The summed E-state index contributed by atoms with van der Waals surface area (Å²) in [5, 5.41) is 39.5. The Bertz CT molecular complexity index is 1140. The predicted molar refractivity (Wildman–Crippen MR) is 134 cm³/mol. The third-order valence-corrected chi connectivity index (χ3v) is 5.73. The van der Waals surface area contributed by atoms with Crippen molar-refractivity contribution in [3.8, 4) is 5.69 Å². The number of benzene rings is 1. The van der Waals surface area contributed by atoms with Gasteiger partial charge in [-0.25, -0.2) is 14.3 Å². The maximum absolute atomic E-state index is 12.3. The molecule has 2 aromatic rings. The van der Waals surface area contributed by atoms with Crippen molar-refractivity contribution in [1.29, 1.82) is 0 Å². The van der Waals surface area contributed by atoms with Crippen molar-refractivity contribution in [2.75, 3.05) is 6.67 Å². The van der Waals surface area contributed by atoms with E-state index in [0.717, 1.165) is 11.3 Å². The molecule has 0 aliphatic carbocycles. The summed E-state index contributed by atoms with van der Waals surface area (Å²) in [7, 11) is 0. The third kappa shape index (κ3) is 11.3. The van der Waals surface area contributed by atoms with Crippen molar-refractivity contribution in [3.05, 3.63) is 41.7 Å². The molecule has 1 heterocycles. The molecule has 0 unspecified atom stereocenters. The minimum atomic E-state index is -1.56. The molecule has 2 amide bonds. The molecular formula is C25H32FN5O8. The number of carboxylic acids is 3. The highest BCUT2D eigenvalue weighted by atomic mass is 19.1. The molecule has 0 radical (unpaired) electrons. The number of carboxylic acid groups (broad SMARTS) is 3. The number of aliphatic carboxylic acids is 3. The van der Waals surface area contributed by atoms with Crippen LogP contribution in [0.3, 0.4) is 0 Å². The van der Waals surface area contributed by atoms with Gasteiger partial charge in [0.2, 0.25) is 11.8 Å². The van der Waals surface area contributed by atoms with Crippen molar-refractivity contribution < 1.29 is 43.7 Å². The van der Waals surface area contributed by atoms with Crippen LogP contribution in [0.2, 0.25) is 0 Å². The van der Waals surface area contributed by atoms with E-state index >= 15 is 0 Å². The molecule has 2 rings (SSSR count). The van der Waals surface area contributed by atoms with Crippen LogP contribution in [-0.2, 0) is 36.8 Å². The summed E-state index contributed by atoms with van der Waals surface area (Å²) >= 11 is 0. The van der Waals surface area contributed by atoms with Crippen LogP contribution in [0.25, 0.3) is 5.69 Å². The zero-order chi connectivity index (χ0) is 28.8. The quantitative estimate of drug-likeness (QED) is 0.169. The highest BCUT2D eigenvalue weighted by molar-refractivity contribution is 5.90. The number of nitrogens with one attached hydrogen (secondary N) is 2. The van der Waals surface area contributed by atoms with Gasteiger partial charge in [-0.15, -0.1) is 5.10 Å². The Hall–Kier alpha value is -4.36. The molecular weight excluding hydrogens is 517 g/mol. The second-order valence-corrected chi connectivity index (χ2v) is 8.87. The molecule has 0 fully saturated rings. The van der Waals surface area contributed by atoms with E-state index in [1.165, 1.54) is 0 Å². The van der Waals surface area contributed by atoms with Crippen LogP contribution in [0.1, 0.15) is 56.2 Å². The number of unbranched alkanes of at least 4 members (excludes halogenated alkanes) is 1. The van der Waals surface area contributed by atoms with E-state index in [1.54, 1.807) is 10.9 Å². The van der Waals surface area contributed by atoms with Gasteiger partial charge < -0.3 is 26.0 Å². The van der Waals surface area contributed by atoms with E-state index in [0.29, 0.717) is 37.8 Å². The zero-order valence-electron chi connectivity index (χ0n) is 21.2. The molecule has 0 aliphatic heterocycles. The Morgan fingerprint density at radius 2 is 1.51 bits per heavy atom. The van der Waals surface area contributed by atoms with Gasteiger partial charge in [-0.2, -0.15) is 0 Å². The van der Waals surface area contributed by atoms with E-state index < -0.39 is 61.3 Å². The van der Waals surface area contributed by atoms with Gasteiger partial charge in [0.1, 0.15) is 12.1 Å². The van der Waals surface area contributed by atoms with E-state index in [1.807, 2.05) is 24.3 Å². The SMILES string of the molecule is O=C(O)CC[C@H](NC(=O)C[C@H](NC(=O)CCCCc1ccc(-n2cc(CCCF)nn2)cc1)C(=O)O)C(=O)O. The molecule has 0 aliphatic rings. The van der Waals surface area contributed by atoms with Crippen molar-refractivity contribution in [2.45, 2.75) is 69.9 Å². The van der Waals surface area contributed by atoms with Gasteiger partial charge in [0.25, 0.3) is 0 Å². The van der Waals surface area contributed by atoms with Gasteiger partial charge in [-0.1, -0.05) is 17.3 Å². The minimum Gasteiger partial charge on any atom is -0.481 e. The molecule has 1 aromatic carbocycles. The first-order chi connectivity index (χ1) is 18.6. The summed E-state index contributed by atoms with van der Waals surface area (Å²) in [4.78, 5) is 57.7. The lowest BCUT2D eigenvalue weighted by Gasteiger charge is -2.17. The van der Waals surface area contributed by atoms with Crippen LogP contribution in [0.4, 0.5) is 4.39 Å². The highest BCUT2D eigenvalue weighted by Gasteiger charge is 2.26. The topological polar surface area (TPSA) is 201 Å². The number of alkyl halides is 1. The molecule has 39 heavy (non-hydrogen) atoms. The van der Waals surface area contributed by atoms with Crippen molar-refractivity contribution in [1.82, 2.24) is 25.6 Å². The Labute approximate surface area is 223 Å². The van der Waals surface area contributed by atoms with Gasteiger partial charge in [-0.3, -0.25) is 18.8 Å². The smallest absolute Gasteiger partial charge is 0.326 e. The number of carbonyl (C=O) groups is 5. The third-order valence-electron chi connectivity index (χ3n) is 5.73. The van der Waals surface area contributed by atoms with Gasteiger partial charge in [0.15, 0.2) is 0 Å². The minimum absolute atomic E-state index is 0.0282. The number of aryl methyl sites for hydroxylation is 2. The average molecular weight is 550 g/mol. The lowest BCUT2D eigenvalue weighted by Crippen LogP contribution is -2.47. The van der Waals surface area contributed by atoms with Crippen molar-refractivity contribution in [3.63, 3.8) is 0 Å². The summed E-state index contributed by atoms with van der Waals surface area (Å²) in [5.41, 5.74) is 2.53. The second kappa shape index (κ2) is 15.8. The van der Waals surface area contributed by atoms with E-state index in [4.69, 9.17) is 10.2 Å². The number of amides is 2.